The Morgan fingerprint density at radius 1 is 1.03 bits per heavy atom. The molecule has 2 aromatic carbocycles. The maximum atomic E-state index is 13.3. The highest BCUT2D eigenvalue weighted by atomic mass is 35.5. The van der Waals surface area contributed by atoms with Crippen LogP contribution >= 0.6 is 23.2 Å². The molecule has 0 radical (unpaired) electrons. The summed E-state index contributed by atoms with van der Waals surface area (Å²) in [5.41, 5.74) is 0.724. The average molecular weight is 514 g/mol. The zero-order valence-corrected chi connectivity index (χ0v) is 21.4. The highest BCUT2D eigenvalue weighted by Crippen LogP contribution is 2.19. The van der Waals surface area contributed by atoms with Crippen molar-refractivity contribution in [2.75, 3.05) is 13.6 Å². The van der Waals surface area contributed by atoms with Gasteiger partial charge in [-0.25, -0.2) is 8.42 Å². The molecule has 0 heterocycles. The highest BCUT2D eigenvalue weighted by Gasteiger charge is 2.30. The molecule has 0 aliphatic heterocycles. The summed E-state index contributed by atoms with van der Waals surface area (Å²) in [6.07, 6.45) is 0.739. The molecule has 2 amide bonds. The highest BCUT2D eigenvalue weighted by molar-refractivity contribution is 7.89. The van der Waals surface area contributed by atoms with Gasteiger partial charge in [-0.1, -0.05) is 42.3 Å². The minimum Gasteiger partial charge on any atom is -0.352 e. The molecule has 0 bridgehead atoms. The van der Waals surface area contributed by atoms with E-state index >= 15 is 0 Å². The van der Waals surface area contributed by atoms with Crippen molar-refractivity contribution >= 4 is 45.0 Å². The Morgan fingerprint density at radius 3 is 2.24 bits per heavy atom. The van der Waals surface area contributed by atoms with Crippen molar-refractivity contribution in [3.63, 3.8) is 0 Å². The second-order valence-electron chi connectivity index (χ2n) is 7.86. The van der Waals surface area contributed by atoms with Crippen molar-refractivity contribution in [2.24, 2.45) is 0 Å². The van der Waals surface area contributed by atoms with Gasteiger partial charge >= 0.3 is 0 Å². The van der Waals surface area contributed by atoms with E-state index in [0.717, 1.165) is 16.3 Å². The van der Waals surface area contributed by atoms with E-state index in [-0.39, 0.29) is 23.4 Å². The first-order valence-electron chi connectivity index (χ1n) is 10.5. The lowest BCUT2D eigenvalue weighted by Crippen LogP contribution is -2.51. The van der Waals surface area contributed by atoms with Gasteiger partial charge in [0.2, 0.25) is 21.8 Å². The van der Waals surface area contributed by atoms with Crippen molar-refractivity contribution in [1.29, 1.82) is 0 Å². The molecule has 0 saturated heterocycles. The van der Waals surface area contributed by atoms with E-state index in [2.05, 4.69) is 5.32 Å². The van der Waals surface area contributed by atoms with E-state index in [1.807, 2.05) is 13.8 Å². The number of amides is 2. The van der Waals surface area contributed by atoms with Crippen LogP contribution in [-0.2, 0) is 26.2 Å². The van der Waals surface area contributed by atoms with Gasteiger partial charge in [0.15, 0.2) is 0 Å². The van der Waals surface area contributed by atoms with Crippen molar-refractivity contribution < 1.29 is 18.0 Å². The average Bonchev–Trinajstić information content (AvgIpc) is 2.77. The summed E-state index contributed by atoms with van der Waals surface area (Å²) in [5, 5.41) is 3.78. The molecule has 10 heteroatoms. The molecule has 0 saturated carbocycles. The van der Waals surface area contributed by atoms with E-state index in [1.165, 1.54) is 36.2 Å². The third kappa shape index (κ3) is 7.43. The summed E-state index contributed by atoms with van der Waals surface area (Å²) in [6.45, 7) is 5.10. The van der Waals surface area contributed by atoms with Gasteiger partial charge in [0.25, 0.3) is 0 Å². The SMILES string of the molecule is CC[C@@H](C)NC(=O)[C@@H](C)N(Cc1cccc(Cl)c1)C(=O)CN(C)S(=O)(=O)c1ccc(Cl)cc1. The number of rotatable bonds is 10. The van der Waals surface area contributed by atoms with Crippen LogP contribution in [-0.4, -0.2) is 55.1 Å². The molecule has 0 unspecified atom stereocenters. The van der Waals surface area contributed by atoms with E-state index in [0.29, 0.717) is 10.0 Å². The smallest absolute Gasteiger partial charge is 0.243 e. The summed E-state index contributed by atoms with van der Waals surface area (Å²) in [5.74, 6) is -0.829. The fourth-order valence-corrected chi connectivity index (χ4v) is 4.49. The second kappa shape index (κ2) is 11.8. The van der Waals surface area contributed by atoms with Gasteiger partial charge in [-0.05, 0) is 62.2 Å². The molecule has 0 fully saturated rings. The minimum absolute atomic E-state index is 0.0196. The van der Waals surface area contributed by atoms with Gasteiger partial charge < -0.3 is 10.2 Å². The van der Waals surface area contributed by atoms with E-state index < -0.39 is 28.5 Å². The second-order valence-corrected chi connectivity index (χ2v) is 10.8. The number of hydrogen-bond donors (Lipinski definition) is 1. The molecule has 1 N–H and O–H groups in total. The largest absolute Gasteiger partial charge is 0.352 e. The molecule has 2 rings (SSSR count). The standard InChI is InChI=1S/C23H29Cl2N3O4S/c1-5-16(2)26-23(30)17(3)28(14-18-7-6-8-20(25)13-18)22(29)15-27(4)33(31,32)21-11-9-19(24)10-12-21/h6-13,16-17H,5,14-15H2,1-4H3,(H,26,30)/t16-,17-/m1/s1. The first-order chi connectivity index (χ1) is 15.4. The van der Waals surface area contributed by atoms with Gasteiger partial charge in [-0.15, -0.1) is 0 Å². The van der Waals surface area contributed by atoms with Crippen molar-refractivity contribution in [1.82, 2.24) is 14.5 Å². The van der Waals surface area contributed by atoms with E-state index in [9.17, 15) is 18.0 Å². The fourth-order valence-electron chi connectivity index (χ4n) is 3.03. The van der Waals surface area contributed by atoms with Crippen LogP contribution in [0, 0.1) is 0 Å². The number of benzene rings is 2. The summed E-state index contributed by atoms with van der Waals surface area (Å²) < 4.78 is 26.8. The molecular weight excluding hydrogens is 485 g/mol. The van der Waals surface area contributed by atoms with Crippen LogP contribution in [0.3, 0.4) is 0 Å². The Balaban J connectivity index is 2.27. The molecule has 0 aliphatic carbocycles. The van der Waals surface area contributed by atoms with Crippen LogP contribution < -0.4 is 5.32 Å². The molecule has 180 valence electrons. The fraction of sp³-hybridized carbons (Fsp3) is 0.391. The quantitative estimate of drug-likeness (QED) is 0.521. The minimum atomic E-state index is -3.93. The topological polar surface area (TPSA) is 86.8 Å². The number of halogens is 2. The first kappa shape index (κ1) is 27.1. The van der Waals surface area contributed by atoms with Crippen LogP contribution in [0.25, 0.3) is 0 Å². The maximum Gasteiger partial charge on any atom is 0.243 e. The summed E-state index contributed by atoms with van der Waals surface area (Å²) in [4.78, 5) is 27.4. The summed E-state index contributed by atoms with van der Waals surface area (Å²) in [6, 6.07) is 11.8. The van der Waals surface area contributed by atoms with E-state index in [1.54, 1.807) is 31.2 Å². The van der Waals surface area contributed by atoms with Gasteiger partial charge in [0, 0.05) is 29.7 Å². The molecular formula is C23H29Cl2N3O4S. The predicted octanol–water partition coefficient (Wildman–Crippen LogP) is 3.95. The molecule has 7 nitrogen and oxygen atoms in total. The van der Waals surface area contributed by atoms with Gasteiger partial charge in [-0.3, -0.25) is 9.59 Å². The van der Waals surface area contributed by atoms with Crippen LogP contribution in [0.1, 0.15) is 32.8 Å². The normalized spacial score (nSPS) is 13.4. The van der Waals surface area contributed by atoms with Gasteiger partial charge in [0.1, 0.15) is 6.04 Å². The molecule has 2 atom stereocenters. The zero-order valence-electron chi connectivity index (χ0n) is 19.1. The third-order valence-electron chi connectivity index (χ3n) is 5.29. The Bertz CT molecular complexity index is 1080. The third-order valence-corrected chi connectivity index (χ3v) is 7.59. The number of nitrogens with one attached hydrogen (secondary N) is 1. The molecule has 0 aliphatic rings. The van der Waals surface area contributed by atoms with Gasteiger partial charge in [-0.2, -0.15) is 4.31 Å². The lowest BCUT2D eigenvalue weighted by molar-refractivity contribution is -0.140. The van der Waals surface area contributed by atoms with Crippen molar-refractivity contribution in [3.8, 4) is 0 Å². The lowest BCUT2D eigenvalue weighted by atomic mass is 10.1. The predicted molar refractivity (Wildman–Crippen MR) is 131 cm³/mol. The molecule has 0 aromatic heterocycles. The number of likely N-dealkylation sites (N-methyl/N-ethyl adjacent to an activating group) is 1. The Kier molecular flexibility index (Phi) is 9.72. The van der Waals surface area contributed by atoms with Crippen LogP contribution in [0.4, 0.5) is 0 Å². The van der Waals surface area contributed by atoms with Crippen LogP contribution in [0.2, 0.25) is 10.0 Å². The van der Waals surface area contributed by atoms with Gasteiger partial charge in [0.05, 0.1) is 11.4 Å². The number of hydrogen-bond acceptors (Lipinski definition) is 4. The summed E-state index contributed by atoms with van der Waals surface area (Å²) >= 11 is 11.9. The first-order valence-corrected chi connectivity index (χ1v) is 12.7. The molecule has 2 aromatic rings. The number of nitrogens with zero attached hydrogens (tertiary/aromatic N) is 2. The maximum absolute atomic E-state index is 13.3. The van der Waals surface area contributed by atoms with Crippen molar-refractivity contribution in [3.05, 3.63) is 64.1 Å². The lowest BCUT2D eigenvalue weighted by Gasteiger charge is -2.31. The van der Waals surface area contributed by atoms with Crippen LogP contribution in [0.15, 0.2) is 53.4 Å². The van der Waals surface area contributed by atoms with E-state index in [4.69, 9.17) is 23.2 Å². The Morgan fingerprint density at radius 2 is 1.67 bits per heavy atom. The summed E-state index contributed by atoms with van der Waals surface area (Å²) in [7, 11) is -2.60. The number of sulfonamides is 1. The molecule has 33 heavy (non-hydrogen) atoms. The van der Waals surface area contributed by atoms with Crippen LogP contribution in [0.5, 0.6) is 0 Å². The number of carbonyl (C=O) groups excluding carboxylic acids is 2. The molecule has 0 spiro atoms. The monoisotopic (exact) mass is 513 g/mol. The Hall–Kier alpha value is -2.13. The number of carbonyl (C=O) groups is 2. The zero-order chi connectivity index (χ0) is 24.8. The van der Waals surface area contributed by atoms with Crippen molar-refractivity contribution in [2.45, 2.75) is 50.7 Å². The Labute approximate surface area is 205 Å².